The third-order valence-corrected chi connectivity index (χ3v) is 6.31. The van der Waals surface area contributed by atoms with Crippen molar-refractivity contribution < 1.29 is 26.7 Å². The summed E-state index contributed by atoms with van der Waals surface area (Å²) in [6, 6.07) is 7.44. The Morgan fingerprint density at radius 2 is 1.68 bits per heavy atom. The average Bonchev–Trinajstić information content (AvgIpc) is 3.23. The lowest BCUT2D eigenvalue weighted by molar-refractivity contribution is -0.137. The molecule has 0 aliphatic carbocycles. The maximum atomic E-state index is 14.0. The quantitative estimate of drug-likeness (QED) is 0.491. The minimum absolute atomic E-state index is 0.0337. The van der Waals surface area contributed by atoms with Crippen LogP contribution in [0.15, 0.2) is 42.5 Å². The summed E-state index contributed by atoms with van der Waals surface area (Å²) in [5, 5.41) is 9.22. The minimum Gasteiger partial charge on any atom is -0.339 e. The van der Waals surface area contributed by atoms with E-state index in [0.29, 0.717) is 35.9 Å². The SMILES string of the molecule is O=C(c1ccc(C(F)(F)F)cc1)N1CCC(c2nnc(-c3ccc(F)cc3F)s2)CC1. The van der Waals surface area contributed by atoms with Gasteiger partial charge < -0.3 is 4.90 Å². The van der Waals surface area contributed by atoms with Gasteiger partial charge in [-0.2, -0.15) is 13.2 Å². The van der Waals surface area contributed by atoms with Crippen LogP contribution < -0.4 is 0 Å². The zero-order chi connectivity index (χ0) is 22.2. The number of alkyl halides is 3. The van der Waals surface area contributed by atoms with Gasteiger partial charge in [0.1, 0.15) is 16.6 Å². The van der Waals surface area contributed by atoms with Gasteiger partial charge in [0, 0.05) is 36.2 Å². The Morgan fingerprint density at radius 3 is 2.29 bits per heavy atom. The molecule has 3 aromatic rings. The number of hydrogen-bond donors (Lipinski definition) is 0. The van der Waals surface area contributed by atoms with E-state index in [1.165, 1.54) is 29.5 Å². The van der Waals surface area contributed by atoms with Crippen molar-refractivity contribution in [2.75, 3.05) is 13.1 Å². The van der Waals surface area contributed by atoms with E-state index in [0.717, 1.165) is 24.3 Å². The molecule has 4 nitrogen and oxygen atoms in total. The standard InChI is InChI=1S/C21H16F5N3OS/c22-15-5-6-16(17(23)11-15)19-28-27-18(31-19)12-7-9-29(10-8-12)20(30)13-1-3-14(4-2-13)21(24,25)26/h1-6,11-12H,7-10H2. The van der Waals surface area contributed by atoms with Gasteiger partial charge in [-0.15, -0.1) is 10.2 Å². The molecule has 1 fully saturated rings. The van der Waals surface area contributed by atoms with Gasteiger partial charge in [-0.25, -0.2) is 8.78 Å². The lowest BCUT2D eigenvalue weighted by atomic mass is 9.97. The van der Waals surface area contributed by atoms with Gasteiger partial charge in [-0.05, 0) is 49.2 Å². The molecular formula is C21H16F5N3OS. The van der Waals surface area contributed by atoms with Crippen LogP contribution in [0.2, 0.25) is 0 Å². The predicted octanol–water partition coefficient (Wildman–Crippen LogP) is 5.52. The van der Waals surface area contributed by atoms with Crippen molar-refractivity contribution in [2.45, 2.75) is 24.9 Å². The molecule has 1 aliphatic heterocycles. The Balaban J connectivity index is 1.40. The summed E-state index contributed by atoms with van der Waals surface area (Å²) in [6.45, 7) is 0.842. The van der Waals surface area contributed by atoms with Gasteiger partial charge in [0.05, 0.1) is 5.56 Å². The second-order valence-corrected chi connectivity index (χ2v) is 8.22. The fourth-order valence-corrected chi connectivity index (χ4v) is 4.52. The number of carbonyl (C=O) groups excluding carboxylic acids is 1. The van der Waals surface area contributed by atoms with Crippen molar-refractivity contribution in [3.05, 3.63) is 70.2 Å². The molecular weight excluding hydrogens is 437 g/mol. The first-order valence-electron chi connectivity index (χ1n) is 9.48. The van der Waals surface area contributed by atoms with Gasteiger partial charge >= 0.3 is 6.18 Å². The van der Waals surface area contributed by atoms with Crippen LogP contribution in [0.1, 0.15) is 39.7 Å². The molecule has 1 aromatic heterocycles. The Hall–Kier alpha value is -2.88. The van der Waals surface area contributed by atoms with Crippen molar-refractivity contribution in [3.8, 4) is 10.6 Å². The third kappa shape index (κ3) is 4.58. The monoisotopic (exact) mass is 453 g/mol. The Labute approximate surface area is 178 Å². The van der Waals surface area contributed by atoms with Crippen LogP contribution >= 0.6 is 11.3 Å². The molecule has 4 rings (SSSR count). The summed E-state index contributed by atoms with van der Waals surface area (Å²) in [5.74, 6) is -1.67. The number of rotatable bonds is 3. The minimum atomic E-state index is -4.45. The first-order chi connectivity index (χ1) is 14.7. The number of nitrogens with zero attached hydrogens (tertiary/aromatic N) is 3. The fourth-order valence-electron chi connectivity index (χ4n) is 3.49. The second kappa shape index (κ2) is 8.33. The molecule has 0 N–H and O–H groups in total. The van der Waals surface area contributed by atoms with E-state index in [9.17, 15) is 26.7 Å². The maximum absolute atomic E-state index is 14.0. The van der Waals surface area contributed by atoms with Crippen LogP contribution in [0.25, 0.3) is 10.6 Å². The van der Waals surface area contributed by atoms with Crippen LogP contribution in [-0.2, 0) is 6.18 Å². The zero-order valence-electron chi connectivity index (χ0n) is 16.0. The van der Waals surface area contributed by atoms with E-state index in [4.69, 9.17) is 0 Å². The largest absolute Gasteiger partial charge is 0.416 e. The highest BCUT2D eigenvalue weighted by molar-refractivity contribution is 7.14. The van der Waals surface area contributed by atoms with E-state index in [1.54, 1.807) is 4.90 Å². The normalized spacial score (nSPS) is 15.3. The van der Waals surface area contributed by atoms with Gasteiger partial charge in [-0.3, -0.25) is 4.79 Å². The summed E-state index contributed by atoms with van der Waals surface area (Å²) in [7, 11) is 0. The van der Waals surface area contributed by atoms with E-state index in [2.05, 4.69) is 10.2 Å². The van der Waals surface area contributed by atoms with Crippen molar-refractivity contribution in [2.24, 2.45) is 0 Å². The van der Waals surface area contributed by atoms with E-state index < -0.39 is 23.4 Å². The summed E-state index contributed by atoms with van der Waals surface area (Å²) >= 11 is 1.23. The van der Waals surface area contributed by atoms with Gasteiger partial charge in [0.15, 0.2) is 5.01 Å². The highest BCUT2D eigenvalue weighted by Gasteiger charge is 2.31. The molecule has 1 saturated heterocycles. The second-order valence-electron chi connectivity index (χ2n) is 7.21. The van der Waals surface area contributed by atoms with Crippen molar-refractivity contribution in [3.63, 3.8) is 0 Å². The molecule has 2 aromatic carbocycles. The Kier molecular flexibility index (Phi) is 5.74. The molecule has 162 valence electrons. The molecule has 0 saturated carbocycles. The first kappa shape index (κ1) is 21.4. The lowest BCUT2D eigenvalue weighted by Crippen LogP contribution is -2.37. The molecule has 10 heteroatoms. The molecule has 0 unspecified atom stereocenters. The van der Waals surface area contributed by atoms with Crippen molar-refractivity contribution in [1.29, 1.82) is 0 Å². The number of hydrogen-bond acceptors (Lipinski definition) is 4. The molecule has 0 atom stereocenters. The summed E-state index contributed by atoms with van der Waals surface area (Å²) in [6.07, 6.45) is -3.24. The van der Waals surface area contributed by atoms with Crippen LogP contribution in [0.5, 0.6) is 0 Å². The topological polar surface area (TPSA) is 46.1 Å². The van der Waals surface area contributed by atoms with Crippen molar-refractivity contribution >= 4 is 17.2 Å². The van der Waals surface area contributed by atoms with Gasteiger partial charge in [0.2, 0.25) is 0 Å². The number of aromatic nitrogens is 2. The Bertz CT molecular complexity index is 1090. The maximum Gasteiger partial charge on any atom is 0.416 e. The van der Waals surface area contributed by atoms with Crippen LogP contribution in [0.3, 0.4) is 0 Å². The smallest absolute Gasteiger partial charge is 0.339 e. The number of likely N-dealkylation sites (tertiary alicyclic amines) is 1. The van der Waals surface area contributed by atoms with E-state index in [-0.39, 0.29) is 23.0 Å². The number of amides is 1. The fraction of sp³-hybridized carbons (Fsp3) is 0.286. The molecule has 1 amide bonds. The predicted molar refractivity (Wildman–Crippen MR) is 105 cm³/mol. The molecule has 0 bridgehead atoms. The van der Waals surface area contributed by atoms with Crippen LogP contribution in [-0.4, -0.2) is 34.1 Å². The molecule has 2 heterocycles. The number of piperidine rings is 1. The number of carbonyl (C=O) groups is 1. The van der Waals surface area contributed by atoms with Crippen molar-refractivity contribution in [1.82, 2.24) is 15.1 Å². The summed E-state index contributed by atoms with van der Waals surface area (Å²) in [4.78, 5) is 14.2. The molecule has 1 aliphatic rings. The number of benzene rings is 2. The lowest BCUT2D eigenvalue weighted by Gasteiger charge is -2.31. The van der Waals surface area contributed by atoms with Crippen LogP contribution in [0, 0.1) is 11.6 Å². The van der Waals surface area contributed by atoms with E-state index >= 15 is 0 Å². The highest BCUT2D eigenvalue weighted by Crippen LogP contribution is 2.35. The highest BCUT2D eigenvalue weighted by atomic mass is 32.1. The van der Waals surface area contributed by atoms with E-state index in [1.807, 2.05) is 0 Å². The van der Waals surface area contributed by atoms with Gasteiger partial charge in [0.25, 0.3) is 5.91 Å². The number of halogens is 5. The van der Waals surface area contributed by atoms with Crippen LogP contribution in [0.4, 0.5) is 22.0 Å². The molecule has 0 spiro atoms. The average molecular weight is 453 g/mol. The summed E-state index contributed by atoms with van der Waals surface area (Å²) < 4.78 is 65.1. The summed E-state index contributed by atoms with van der Waals surface area (Å²) in [5.41, 5.74) is -0.413. The molecule has 31 heavy (non-hydrogen) atoms. The third-order valence-electron chi connectivity index (χ3n) is 5.19. The molecule has 0 radical (unpaired) electrons. The zero-order valence-corrected chi connectivity index (χ0v) is 16.8. The Morgan fingerprint density at radius 1 is 1.00 bits per heavy atom. The van der Waals surface area contributed by atoms with Gasteiger partial charge in [-0.1, -0.05) is 11.3 Å². The first-order valence-corrected chi connectivity index (χ1v) is 10.3.